The van der Waals surface area contributed by atoms with Crippen LogP contribution >= 0.6 is 23.5 Å². The number of carboxylic acids is 2. The van der Waals surface area contributed by atoms with Gasteiger partial charge in [-0.25, -0.2) is 0 Å². The van der Waals surface area contributed by atoms with Crippen molar-refractivity contribution in [1.82, 2.24) is 0 Å². The first-order valence-electron chi connectivity index (χ1n) is 15.0. The van der Waals surface area contributed by atoms with E-state index in [-0.39, 0.29) is 62.1 Å². The van der Waals surface area contributed by atoms with Crippen LogP contribution in [-0.2, 0) is 21.9 Å². The maximum absolute atomic E-state index is 12.5. The molecule has 0 amide bonds. The number of alkyl halides is 6. The number of carbonyl (C=O) groups is 2. The van der Waals surface area contributed by atoms with E-state index < -0.39 is 47.6 Å². The Kier molecular flexibility index (Phi) is 18.0. The second kappa shape index (κ2) is 20.9. The van der Waals surface area contributed by atoms with Gasteiger partial charge in [0, 0.05) is 21.3 Å². The molecule has 0 aliphatic carbocycles. The van der Waals surface area contributed by atoms with Gasteiger partial charge < -0.3 is 29.3 Å². The Morgan fingerprint density at radius 3 is 1.18 bits per heavy atom. The molecule has 4 rings (SSSR count). The molecule has 0 aromatic heterocycles. The summed E-state index contributed by atoms with van der Waals surface area (Å²) in [5.74, 6) is -1.73. The summed E-state index contributed by atoms with van der Waals surface area (Å²) in [6, 6.07) is 23.2. The molecule has 0 saturated carbocycles. The average Bonchev–Trinajstić information content (AvgIpc) is 3.05. The minimum absolute atomic E-state index is 0. The van der Waals surface area contributed by atoms with Gasteiger partial charge in [0.25, 0.3) is 0 Å². The standard InChI is InChI=1S/2C18H17F3O3S.Ca/c2*1-12-4-2-3-5-16(12)25-11-10-15(17(22)23)24-14-8-6-13(7-9-14)18(19,20)21;/h2*2-9,15H,10-11H2,1H3,(H,22,23);/q;;+2/p-2/t2*15-;/m10./s1. The first kappa shape index (κ1) is 44.1. The molecule has 0 N–H and O–H groups in total. The number of thioether (sulfide) groups is 2. The van der Waals surface area contributed by atoms with E-state index in [0.29, 0.717) is 11.5 Å². The predicted molar refractivity (Wildman–Crippen MR) is 181 cm³/mol. The van der Waals surface area contributed by atoms with Crippen LogP contribution in [0.1, 0.15) is 35.1 Å². The van der Waals surface area contributed by atoms with Gasteiger partial charge >= 0.3 is 50.1 Å². The molecule has 0 aliphatic rings. The molecule has 2 atom stereocenters. The first-order chi connectivity index (χ1) is 23.5. The molecule has 0 spiro atoms. The van der Waals surface area contributed by atoms with Crippen molar-refractivity contribution in [2.45, 2.75) is 61.0 Å². The summed E-state index contributed by atoms with van der Waals surface area (Å²) < 4.78 is 85.7. The summed E-state index contributed by atoms with van der Waals surface area (Å²) in [5.41, 5.74) is 0.530. The molecule has 4 aromatic carbocycles. The van der Waals surface area contributed by atoms with Crippen LogP contribution in [0, 0.1) is 13.8 Å². The Morgan fingerprint density at radius 2 is 0.902 bits per heavy atom. The summed E-state index contributed by atoms with van der Waals surface area (Å²) in [6.07, 6.45) is -11.0. The van der Waals surface area contributed by atoms with Crippen molar-refractivity contribution < 1.29 is 55.6 Å². The molecule has 4 aromatic rings. The fourth-order valence-corrected chi connectivity index (χ4v) is 6.26. The van der Waals surface area contributed by atoms with Crippen LogP contribution in [0.4, 0.5) is 26.3 Å². The van der Waals surface area contributed by atoms with Gasteiger partial charge in [0.1, 0.15) is 23.7 Å². The summed E-state index contributed by atoms with van der Waals surface area (Å²) in [7, 11) is 0. The van der Waals surface area contributed by atoms with Crippen LogP contribution in [0.15, 0.2) is 107 Å². The third kappa shape index (κ3) is 15.2. The van der Waals surface area contributed by atoms with E-state index in [2.05, 4.69) is 0 Å². The van der Waals surface area contributed by atoms with Crippen molar-refractivity contribution in [1.29, 1.82) is 0 Å². The molecule has 268 valence electrons. The zero-order valence-corrected chi connectivity index (χ0v) is 31.3. The summed E-state index contributed by atoms with van der Waals surface area (Å²) in [6.45, 7) is 3.91. The second-order valence-corrected chi connectivity index (χ2v) is 13.0. The Labute approximate surface area is 329 Å². The largest absolute Gasteiger partial charge is 2.00 e. The maximum Gasteiger partial charge on any atom is 2.00 e. The van der Waals surface area contributed by atoms with Crippen LogP contribution < -0.4 is 19.7 Å². The van der Waals surface area contributed by atoms with Gasteiger partial charge in [-0.1, -0.05) is 36.4 Å². The molecule has 0 heterocycles. The number of hydrogen-bond acceptors (Lipinski definition) is 8. The van der Waals surface area contributed by atoms with Gasteiger partial charge in [0.05, 0.1) is 23.1 Å². The molecular weight excluding hydrogens is 747 g/mol. The van der Waals surface area contributed by atoms with E-state index in [9.17, 15) is 46.1 Å². The third-order valence-corrected chi connectivity index (χ3v) is 9.33. The molecule has 0 bridgehead atoms. The van der Waals surface area contributed by atoms with Crippen molar-refractivity contribution in [2.24, 2.45) is 0 Å². The molecule has 0 aliphatic heterocycles. The van der Waals surface area contributed by atoms with Gasteiger partial charge in [0.15, 0.2) is 0 Å². The van der Waals surface area contributed by atoms with Crippen LogP contribution in [0.5, 0.6) is 11.5 Å². The van der Waals surface area contributed by atoms with Crippen molar-refractivity contribution in [3.05, 3.63) is 119 Å². The van der Waals surface area contributed by atoms with Crippen LogP contribution in [-0.4, -0.2) is 73.4 Å². The normalized spacial score (nSPS) is 12.4. The van der Waals surface area contributed by atoms with Crippen molar-refractivity contribution >= 4 is 73.2 Å². The zero-order valence-electron chi connectivity index (χ0n) is 27.5. The molecule has 6 nitrogen and oxygen atoms in total. The Bertz CT molecular complexity index is 1560. The minimum atomic E-state index is -4.45. The summed E-state index contributed by atoms with van der Waals surface area (Å²) in [4.78, 5) is 24.5. The maximum atomic E-state index is 12.5. The van der Waals surface area contributed by atoms with E-state index >= 15 is 0 Å². The van der Waals surface area contributed by atoms with Crippen LogP contribution in [0.25, 0.3) is 0 Å². The summed E-state index contributed by atoms with van der Waals surface area (Å²) in [5, 5.41) is 22.4. The topological polar surface area (TPSA) is 98.7 Å². The number of carbonyl (C=O) groups excluding carboxylic acids is 2. The van der Waals surface area contributed by atoms with Crippen molar-refractivity contribution in [3.8, 4) is 11.5 Å². The van der Waals surface area contributed by atoms with Gasteiger partial charge in [-0.05, 0) is 98.5 Å². The fraction of sp³-hybridized carbons (Fsp3) is 0.278. The molecule has 0 fully saturated rings. The SMILES string of the molecule is Cc1ccccc1SCC[C@@H](Oc1ccc(C(F)(F)F)cc1)C(=O)[O-].Cc1ccccc1SCC[C@H](Oc1ccc(C(F)(F)F)cc1)C(=O)[O-].[Ca+2]. The number of halogens is 6. The zero-order chi connectivity index (χ0) is 36.9. The molecule has 0 unspecified atom stereocenters. The summed E-state index contributed by atoms with van der Waals surface area (Å²) >= 11 is 2.98. The van der Waals surface area contributed by atoms with Crippen LogP contribution in [0.2, 0.25) is 0 Å². The molecule has 15 heteroatoms. The predicted octanol–water partition coefficient (Wildman–Crippen LogP) is 7.01. The Hall–Kier alpha value is -3.04. The third-order valence-electron chi connectivity index (χ3n) is 6.91. The van der Waals surface area contributed by atoms with Crippen molar-refractivity contribution in [3.63, 3.8) is 0 Å². The van der Waals surface area contributed by atoms with Gasteiger partial charge in [0.2, 0.25) is 0 Å². The molecular formula is C36H32CaF6O6S2. The number of carboxylic acid groups (broad SMARTS) is 2. The van der Waals surface area contributed by atoms with Crippen LogP contribution in [0.3, 0.4) is 0 Å². The second-order valence-electron chi connectivity index (χ2n) is 10.7. The molecule has 0 radical (unpaired) electrons. The van der Waals surface area contributed by atoms with E-state index in [4.69, 9.17) is 9.47 Å². The number of ether oxygens (including phenoxy) is 2. The van der Waals surface area contributed by atoms with E-state index in [0.717, 1.165) is 69.4 Å². The number of hydrogen-bond donors (Lipinski definition) is 0. The minimum Gasteiger partial charge on any atom is -0.546 e. The van der Waals surface area contributed by atoms with E-state index in [1.165, 1.54) is 23.5 Å². The van der Waals surface area contributed by atoms with E-state index in [1.54, 1.807) is 0 Å². The fourth-order valence-electron chi connectivity index (χ4n) is 4.21. The van der Waals surface area contributed by atoms with E-state index in [1.807, 2.05) is 62.4 Å². The number of aliphatic carboxylic acids is 2. The molecule has 51 heavy (non-hydrogen) atoms. The first-order valence-corrected chi connectivity index (χ1v) is 17.0. The monoisotopic (exact) mass is 778 g/mol. The molecule has 0 saturated heterocycles. The Balaban J connectivity index is 0.000000347. The Morgan fingerprint density at radius 1 is 0.588 bits per heavy atom. The van der Waals surface area contributed by atoms with Crippen molar-refractivity contribution in [2.75, 3.05) is 11.5 Å². The van der Waals surface area contributed by atoms with Gasteiger partial charge in [-0.3, -0.25) is 0 Å². The van der Waals surface area contributed by atoms with Gasteiger partial charge in [-0.2, -0.15) is 26.3 Å². The number of rotatable bonds is 14. The number of benzene rings is 4. The average molecular weight is 779 g/mol. The number of aryl methyl sites for hydroxylation is 2. The van der Waals surface area contributed by atoms with Gasteiger partial charge in [-0.15, -0.1) is 23.5 Å². The quantitative estimate of drug-likeness (QED) is 0.0767. The smallest absolute Gasteiger partial charge is 0.546 e.